The number of carbonyl (C=O) groups is 2. The van der Waals surface area contributed by atoms with Crippen molar-refractivity contribution in [3.63, 3.8) is 0 Å². The van der Waals surface area contributed by atoms with Crippen molar-refractivity contribution in [3.8, 4) is 0 Å². The van der Waals surface area contributed by atoms with Crippen molar-refractivity contribution in [1.82, 2.24) is 4.90 Å². The number of halogens is 2. The molecule has 5 nitrogen and oxygen atoms in total. The van der Waals surface area contributed by atoms with E-state index in [0.29, 0.717) is 35.0 Å². The maximum atomic E-state index is 12.3. The van der Waals surface area contributed by atoms with E-state index in [9.17, 15) is 14.7 Å². The number of rotatable bonds is 3. The average Bonchev–Trinajstić information content (AvgIpc) is 2.44. The highest BCUT2D eigenvalue weighted by Gasteiger charge is 2.31. The molecule has 0 spiro atoms. The molecule has 1 saturated heterocycles. The quantitative estimate of drug-likeness (QED) is 0.891. The van der Waals surface area contributed by atoms with Gasteiger partial charge in [-0.25, -0.2) is 0 Å². The number of carboxylic acid groups (broad SMARTS) is 1. The normalized spacial score (nSPS) is 20.1. The Balaban J connectivity index is 2.13. The van der Waals surface area contributed by atoms with Crippen molar-refractivity contribution in [1.29, 1.82) is 0 Å². The molecule has 1 heterocycles. The minimum absolute atomic E-state index is 0.111. The first-order valence-corrected chi connectivity index (χ1v) is 7.29. The summed E-state index contributed by atoms with van der Waals surface area (Å²) in [5.41, 5.74) is 0.301. The van der Waals surface area contributed by atoms with Gasteiger partial charge in [0.2, 0.25) is 0 Å². The van der Waals surface area contributed by atoms with Crippen molar-refractivity contribution < 1.29 is 19.8 Å². The predicted molar refractivity (Wildman–Crippen MR) is 78.4 cm³/mol. The van der Waals surface area contributed by atoms with Crippen molar-refractivity contribution in [2.24, 2.45) is 5.92 Å². The van der Waals surface area contributed by atoms with E-state index < -0.39 is 23.9 Å². The maximum absolute atomic E-state index is 12.3. The van der Waals surface area contributed by atoms with Crippen LogP contribution < -0.4 is 0 Å². The van der Waals surface area contributed by atoms with Crippen molar-refractivity contribution >= 4 is 35.1 Å². The number of hydrogen-bond acceptors (Lipinski definition) is 3. The smallest absolute Gasteiger partial charge is 0.308 e. The van der Waals surface area contributed by atoms with Crippen LogP contribution in [-0.2, 0) is 9.59 Å². The summed E-state index contributed by atoms with van der Waals surface area (Å²) in [5, 5.41) is 19.8. The molecule has 1 aliphatic heterocycles. The largest absolute Gasteiger partial charge is 0.481 e. The second-order valence-electron chi connectivity index (χ2n) is 5.07. The summed E-state index contributed by atoms with van der Waals surface area (Å²) < 4.78 is 0. The summed E-state index contributed by atoms with van der Waals surface area (Å²) >= 11 is 11.7. The molecule has 1 aromatic rings. The summed E-state index contributed by atoms with van der Waals surface area (Å²) in [5.74, 6) is -2.04. The van der Waals surface area contributed by atoms with Gasteiger partial charge in [-0.3, -0.25) is 9.59 Å². The van der Waals surface area contributed by atoms with Gasteiger partial charge in [0.1, 0.15) is 0 Å². The molecule has 114 valence electrons. The van der Waals surface area contributed by atoms with Crippen LogP contribution >= 0.6 is 23.2 Å². The molecule has 0 aromatic heterocycles. The molecule has 2 atom stereocenters. The lowest BCUT2D eigenvalue weighted by molar-refractivity contribution is -0.148. The molecule has 1 aromatic carbocycles. The van der Waals surface area contributed by atoms with Gasteiger partial charge in [0.05, 0.1) is 5.92 Å². The van der Waals surface area contributed by atoms with Gasteiger partial charge >= 0.3 is 5.97 Å². The van der Waals surface area contributed by atoms with Gasteiger partial charge in [-0.05, 0) is 36.6 Å². The number of carboxylic acids is 1. The van der Waals surface area contributed by atoms with Crippen molar-refractivity contribution in [2.45, 2.75) is 18.9 Å². The van der Waals surface area contributed by atoms with E-state index >= 15 is 0 Å². The molecular weight excluding hydrogens is 317 g/mol. The van der Waals surface area contributed by atoms with Crippen LogP contribution in [0.25, 0.3) is 0 Å². The molecule has 0 aliphatic carbocycles. The number of aliphatic carboxylic acids is 1. The van der Waals surface area contributed by atoms with E-state index in [0.717, 1.165) is 0 Å². The zero-order chi connectivity index (χ0) is 15.6. The number of aliphatic hydroxyl groups is 1. The lowest BCUT2D eigenvalue weighted by Gasteiger charge is -2.32. The Bertz CT molecular complexity index is 544. The van der Waals surface area contributed by atoms with Crippen LogP contribution in [0, 0.1) is 5.92 Å². The third-order valence-corrected chi connectivity index (χ3v) is 3.95. The van der Waals surface area contributed by atoms with Gasteiger partial charge in [-0.1, -0.05) is 23.2 Å². The minimum Gasteiger partial charge on any atom is -0.481 e. The number of benzene rings is 1. The predicted octanol–water partition coefficient (Wildman–Crippen LogP) is 2.35. The van der Waals surface area contributed by atoms with Gasteiger partial charge < -0.3 is 15.1 Å². The zero-order valence-electron chi connectivity index (χ0n) is 11.1. The van der Waals surface area contributed by atoms with Crippen LogP contribution in [0.15, 0.2) is 18.2 Å². The first kappa shape index (κ1) is 16.1. The highest BCUT2D eigenvalue weighted by Crippen LogP contribution is 2.26. The van der Waals surface area contributed by atoms with E-state index in [-0.39, 0.29) is 6.54 Å². The summed E-state index contributed by atoms with van der Waals surface area (Å²) in [4.78, 5) is 24.7. The third-order valence-electron chi connectivity index (χ3n) is 3.52. The van der Waals surface area contributed by atoms with E-state index in [1.165, 1.54) is 23.1 Å². The van der Waals surface area contributed by atoms with Crippen LogP contribution in [-0.4, -0.2) is 40.1 Å². The van der Waals surface area contributed by atoms with E-state index in [1.807, 2.05) is 0 Å². The van der Waals surface area contributed by atoms with Crippen molar-refractivity contribution in [3.05, 3.63) is 33.8 Å². The first-order chi connectivity index (χ1) is 9.88. The number of hydrogen-bond donors (Lipinski definition) is 2. The van der Waals surface area contributed by atoms with E-state index in [2.05, 4.69) is 0 Å². The number of nitrogens with zero attached hydrogens (tertiary/aromatic N) is 1. The minimum atomic E-state index is -1.39. The van der Waals surface area contributed by atoms with Gasteiger partial charge in [-0.15, -0.1) is 0 Å². The van der Waals surface area contributed by atoms with Crippen LogP contribution in [0.2, 0.25) is 10.0 Å². The third kappa shape index (κ3) is 3.87. The first-order valence-electron chi connectivity index (χ1n) is 6.54. The average molecular weight is 332 g/mol. The van der Waals surface area contributed by atoms with Gasteiger partial charge in [0.15, 0.2) is 6.10 Å². The van der Waals surface area contributed by atoms with Crippen LogP contribution in [0.3, 0.4) is 0 Å². The van der Waals surface area contributed by atoms with E-state index in [4.69, 9.17) is 28.3 Å². The highest BCUT2D eigenvalue weighted by molar-refractivity contribution is 6.34. The van der Waals surface area contributed by atoms with Gasteiger partial charge in [0.25, 0.3) is 5.91 Å². The Kier molecular flexibility index (Phi) is 5.08. The van der Waals surface area contributed by atoms with Crippen LogP contribution in [0.5, 0.6) is 0 Å². The molecule has 1 aliphatic rings. The SMILES string of the molecule is O=C(O)C1CCCN(C(=O)C(O)c2cc(Cl)cc(Cl)c2)C1. The molecule has 0 bridgehead atoms. The number of amides is 1. The summed E-state index contributed by atoms with van der Waals surface area (Å²) in [6, 6.07) is 4.44. The van der Waals surface area contributed by atoms with E-state index in [1.54, 1.807) is 0 Å². The fourth-order valence-corrected chi connectivity index (χ4v) is 2.97. The standard InChI is InChI=1S/C14H15Cl2NO4/c15-10-4-9(5-11(16)6-10)12(18)13(19)17-3-1-2-8(7-17)14(20)21/h4-6,8,12,18H,1-3,7H2,(H,20,21). The summed E-state index contributed by atoms with van der Waals surface area (Å²) in [7, 11) is 0. The Labute approximate surface area is 132 Å². The summed E-state index contributed by atoms with van der Waals surface area (Å²) in [6.07, 6.45) is -0.252. The fraction of sp³-hybridized carbons (Fsp3) is 0.429. The molecule has 21 heavy (non-hydrogen) atoms. The number of piperidine rings is 1. The van der Waals surface area contributed by atoms with Crippen LogP contribution in [0.1, 0.15) is 24.5 Å². The van der Waals surface area contributed by atoms with Gasteiger partial charge in [0, 0.05) is 23.1 Å². The molecule has 1 amide bonds. The second-order valence-corrected chi connectivity index (χ2v) is 5.94. The molecule has 0 radical (unpaired) electrons. The molecule has 2 rings (SSSR count). The number of carbonyl (C=O) groups excluding carboxylic acids is 1. The Morgan fingerprint density at radius 3 is 2.43 bits per heavy atom. The number of aliphatic hydroxyl groups excluding tert-OH is 1. The molecule has 2 N–H and O–H groups in total. The topological polar surface area (TPSA) is 77.8 Å². The molecule has 2 unspecified atom stereocenters. The number of likely N-dealkylation sites (tertiary alicyclic amines) is 1. The second kappa shape index (κ2) is 6.64. The van der Waals surface area contributed by atoms with Crippen molar-refractivity contribution in [2.75, 3.05) is 13.1 Å². The zero-order valence-corrected chi connectivity index (χ0v) is 12.6. The maximum Gasteiger partial charge on any atom is 0.308 e. The lowest BCUT2D eigenvalue weighted by Crippen LogP contribution is -2.44. The fourth-order valence-electron chi connectivity index (χ4n) is 2.43. The Morgan fingerprint density at radius 1 is 1.24 bits per heavy atom. The highest BCUT2D eigenvalue weighted by atomic mass is 35.5. The Morgan fingerprint density at radius 2 is 1.86 bits per heavy atom. The Hall–Kier alpha value is -1.30. The summed E-state index contributed by atoms with van der Waals surface area (Å²) in [6.45, 7) is 0.549. The molecule has 1 fully saturated rings. The molecular formula is C14H15Cl2NO4. The lowest BCUT2D eigenvalue weighted by atomic mass is 9.97. The monoisotopic (exact) mass is 331 g/mol. The van der Waals surface area contributed by atoms with Gasteiger partial charge in [-0.2, -0.15) is 0 Å². The molecule has 7 heteroatoms. The van der Waals surface area contributed by atoms with Crippen LogP contribution in [0.4, 0.5) is 0 Å². The molecule has 0 saturated carbocycles.